The van der Waals surface area contributed by atoms with Gasteiger partial charge in [-0.2, -0.15) is 0 Å². The number of ether oxygens (including phenoxy) is 1. The summed E-state index contributed by atoms with van der Waals surface area (Å²) in [5.74, 6) is -1.66. The molecule has 0 aromatic heterocycles. The third-order valence-electron chi connectivity index (χ3n) is 2.60. The zero-order chi connectivity index (χ0) is 13.0. The van der Waals surface area contributed by atoms with E-state index >= 15 is 0 Å². The maximum Gasteiger partial charge on any atom is 0.311 e. The molecule has 0 aliphatic carbocycles. The van der Waals surface area contributed by atoms with E-state index in [0.29, 0.717) is 16.5 Å². The molecule has 1 aromatic rings. The molecule has 1 rings (SSSR count). The standard InChI is InChI=1S/C12H14BrFO3/c1-3-8(12(16)17-2)11(15)9-6-7(14)4-5-10(9)13/h4-6,8,11,15H,3H2,1-2H3. The molecule has 5 heteroatoms. The van der Waals surface area contributed by atoms with E-state index in [1.807, 2.05) is 0 Å². The van der Waals surface area contributed by atoms with Crippen molar-refractivity contribution in [1.29, 1.82) is 0 Å². The first-order valence-corrected chi connectivity index (χ1v) is 6.01. The minimum absolute atomic E-state index is 0.349. The van der Waals surface area contributed by atoms with Gasteiger partial charge in [-0.1, -0.05) is 22.9 Å². The molecule has 94 valence electrons. The van der Waals surface area contributed by atoms with Crippen LogP contribution in [0.2, 0.25) is 0 Å². The Labute approximate surface area is 108 Å². The van der Waals surface area contributed by atoms with Crippen molar-refractivity contribution in [3.05, 3.63) is 34.1 Å². The molecule has 1 N–H and O–H groups in total. The molecule has 0 bridgehead atoms. The molecule has 0 saturated carbocycles. The van der Waals surface area contributed by atoms with E-state index in [4.69, 9.17) is 0 Å². The number of rotatable bonds is 4. The quantitative estimate of drug-likeness (QED) is 0.870. The van der Waals surface area contributed by atoms with E-state index in [-0.39, 0.29) is 0 Å². The van der Waals surface area contributed by atoms with Gasteiger partial charge >= 0.3 is 5.97 Å². The zero-order valence-corrected chi connectivity index (χ0v) is 11.2. The maximum atomic E-state index is 13.1. The Balaban J connectivity index is 3.05. The fourth-order valence-electron chi connectivity index (χ4n) is 1.63. The fourth-order valence-corrected chi connectivity index (χ4v) is 2.11. The Hall–Kier alpha value is -0.940. The van der Waals surface area contributed by atoms with Crippen LogP contribution >= 0.6 is 15.9 Å². The van der Waals surface area contributed by atoms with Crippen molar-refractivity contribution in [2.24, 2.45) is 5.92 Å². The Bertz CT molecular complexity index is 409. The Kier molecular flexibility index (Phi) is 5.08. The summed E-state index contributed by atoms with van der Waals surface area (Å²) in [6.07, 6.45) is -0.672. The van der Waals surface area contributed by atoms with Crippen molar-refractivity contribution in [3.8, 4) is 0 Å². The lowest BCUT2D eigenvalue weighted by Gasteiger charge is -2.20. The Morgan fingerprint density at radius 3 is 2.76 bits per heavy atom. The fraction of sp³-hybridized carbons (Fsp3) is 0.417. The van der Waals surface area contributed by atoms with Gasteiger partial charge < -0.3 is 9.84 Å². The Morgan fingerprint density at radius 2 is 2.24 bits per heavy atom. The molecule has 0 aliphatic heterocycles. The third kappa shape index (κ3) is 3.26. The summed E-state index contributed by atoms with van der Waals surface area (Å²) in [5, 5.41) is 10.1. The molecule has 0 amide bonds. The SMILES string of the molecule is CCC(C(=O)OC)C(O)c1cc(F)ccc1Br. The second kappa shape index (κ2) is 6.12. The van der Waals surface area contributed by atoms with E-state index in [1.54, 1.807) is 6.92 Å². The average molecular weight is 305 g/mol. The molecular weight excluding hydrogens is 291 g/mol. The number of aliphatic hydroxyl groups excluding tert-OH is 1. The lowest BCUT2D eigenvalue weighted by Crippen LogP contribution is -2.23. The monoisotopic (exact) mass is 304 g/mol. The summed E-state index contributed by atoms with van der Waals surface area (Å²) in [5.41, 5.74) is 0.349. The number of carbonyl (C=O) groups excluding carboxylic acids is 1. The second-order valence-corrected chi connectivity index (χ2v) is 4.50. The highest BCUT2D eigenvalue weighted by atomic mass is 79.9. The molecule has 3 nitrogen and oxygen atoms in total. The molecule has 2 unspecified atom stereocenters. The van der Waals surface area contributed by atoms with Gasteiger partial charge in [-0.05, 0) is 30.2 Å². The van der Waals surface area contributed by atoms with Gasteiger partial charge in [0.15, 0.2) is 0 Å². The highest BCUT2D eigenvalue weighted by Crippen LogP contribution is 2.31. The minimum atomic E-state index is -1.09. The highest BCUT2D eigenvalue weighted by molar-refractivity contribution is 9.10. The van der Waals surface area contributed by atoms with Gasteiger partial charge in [0, 0.05) is 4.47 Å². The van der Waals surface area contributed by atoms with Crippen molar-refractivity contribution in [2.75, 3.05) is 7.11 Å². The lowest BCUT2D eigenvalue weighted by molar-refractivity contribution is -0.149. The van der Waals surface area contributed by atoms with Crippen LogP contribution < -0.4 is 0 Å². The van der Waals surface area contributed by atoms with Crippen LogP contribution in [0.5, 0.6) is 0 Å². The van der Waals surface area contributed by atoms with E-state index in [1.165, 1.54) is 25.3 Å². The lowest BCUT2D eigenvalue weighted by atomic mass is 9.93. The first-order chi connectivity index (χ1) is 8.01. The van der Waals surface area contributed by atoms with E-state index < -0.39 is 23.8 Å². The summed E-state index contributed by atoms with van der Waals surface area (Å²) < 4.78 is 18.3. The minimum Gasteiger partial charge on any atom is -0.469 e. The van der Waals surface area contributed by atoms with Gasteiger partial charge in [0.25, 0.3) is 0 Å². The van der Waals surface area contributed by atoms with E-state index in [0.717, 1.165) is 0 Å². The number of esters is 1. The van der Waals surface area contributed by atoms with Crippen LogP contribution in [0.25, 0.3) is 0 Å². The first-order valence-electron chi connectivity index (χ1n) is 5.22. The van der Waals surface area contributed by atoms with Crippen LogP contribution in [0.1, 0.15) is 25.0 Å². The molecule has 0 radical (unpaired) electrons. The molecule has 0 heterocycles. The van der Waals surface area contributed by atoms with E-state index in [2.05, 4.69) is 20.7 Å². The number of halogens is 2. The maximum absolute atomic E-state index is 13.1. The van der Waals surface area contributed by atoms with Gasteiger partial charge in [-0.3, -0.25) is 4.79 Å². The number of methoxy groups -OCH3 is 1. The van der Waals surface area contributed by atoms with Crippen molar-refractivity contribution >= 4 is 21.9 Å². The van der Waals surface area contributed by atoms with Crippen LogP contribution in [-0.4, -0.2) is 18.2 Å². The number of hydrogen-bond acceptors (Lipinski definition) is 3. The predicted molar refractivity (Wildman–Crippen MR) is 64.9 cm³/mol. The largest absolute Gasteiger partial charge is 0.469 e. The molecule has 1 aromatic carbocycles. The predicted octanol–water partition coefficient (Wildman–Crippen LogP) is 2.82. The normalized spacial score (nSPS) is 14.2. The van der Waals surface area contributed by atoms with E-state index in [9.17, 15) is 14.3 Å². The van der Waals surface area contributed by atoms with Gasteiger partial charge in [0.1, 0.15) is 5.82 Å². The van der Waals surface area contributed by atoms with Crippen LogP contribution in [0.4, 0.5) is 4.39 Å². The van der Waals surface area contributed by atoms with Gasteiger partial charge in [-0.15, -0.1) is 0 Å². The van der Waals surface area contributed by atoms with Crippen molar-refractivity contribution < 1.29 is 19.0 Å². The number of benzene rings is 1. The molecule has 2 atom stereocenters. The number of aliphatic hydroxyl groups is 1. The third-order valence-corrected chi connectivity index (χ3v) is 3.32. The number of carbonyl (C=O) groups is 1. The molecule has 17 heavy (non-hydrogen) atoms. The second-order valence-electron chi connectivity index (χ2n) is 3.65. The smallest absolute Gasteiger partial charge is 0.311 e. The molecule has 0 fully saturated rings. The van der Waals surface area contributed by atoms with Crippen molar-refractivity contribution in [1.82, 2.24) is 0 Å². The molecule has 0 spiro atoms. The van der Waals surface area contributed by atoms with Crippen molar-refractivity contribution in [3.63, 3.8) is 0 Å². The average Bonchev–Trinajstić information content (AvgIpc) is 2.32. The topological polar surface area (TPSA) is 46.5 Å². The first kappa shape index (κ1) is 14.1. The van der Waals surface area contributed by atoms with Crippen LogP contribution in [-0.2, 0) is 9.53 Å². The zero-order valence-electron chi connectivity index (χ0n) is 9.61. The summed E-state index contributed by atoms with van der Waals surface area (Å²) in [6, 6.07) is 3.98. The van der Waals surface area contributed by atoms with Gasteiger partial charge in [0.2, 0.25) is 0 Å². The van der Waals surface area contributed by atoms with Crippen LogP contribution in [0.15, 0.2) is 22.7 Å². The summed E-state index contributed by atoms with van der Waals surface area (Å²) >= 11 is 3.22. The number of hydrogen-bond donors (Lipinski definition) is 1. The molecule has 0 saturated heterocycles. The van der Waals surface area contributed by atoms with Gasteiger partial charge in [0.05, 0.1) is 19.1 Å². The molecular formula is C12H14BrFO3. The van der Waals surface area contributed by atoms with Crippen LogP contribution in [0, 0.1) is 11.7 Å². The Morgan fingerprint density at radius 1 is 1.59 bits per heavy atom. The summed E-state index contributed by atoms with van der Waals surface area (Å²) in [7, 11) is 1.26. The molecule has 0 aliphatic rings. The summed E-state index contributed by atoms with van der Waals surface area (Å²) in [4.78, 5) is 11.5. The van der Waals surface area contributed by atoms with Gasteiger partial charge in [-0.25, -0.2) is 4.39 Å². The summed E-state index contributed by atoms with van der Waals surface area (Å²) in [6.45, 7) is 1.76. The van der Waals surface area contributed by atoms with Crippen molar-refractivity contribution in [2.45, 2.75) is 19.4 Å². The van der Waals surface area contributed by atoms with Crippen LogP contribution in [0.3, 0.4) is 0 Å². The highest BCUT2D eigenvalue weighted by Gasteiger charge is 2.28.